The Morgan fingerprint density at radius 2 is 2.19 bits per heavy atom. The molecule has 21 heavy (non-hydrogen) atoms. The number of ether oxygens (including phenoxy) is 2. The molecule has 1 saturated heterocycles. The summed E-state index contributed by atoms with van der Waals surface area (Å²) in [5.41, 5.74) is 0. The first-order valence-electron chi connectivity index (χ1n) is 7.61. The summed E-state index contributed by atoms with van der Waals surface area (Å²) in [5, 5.41) is 3.20. The molecular weight excluding hydrogens is 270 g/mol. The van der Waals surface area contributed by atoms with Crippen molar-refractivity contribution in [3.63, 3.8) is 0 Å². The molecule has 1 aliphatic rings. The molecule has 1 aliphatic heterocycles. The first-order chi connectivity index (χ1) is 10.1. The molecule has 0 saturated carbocycles. The van der Waals surface area contributed by atoms with E-state index < -0.39 is 0 Å². The van der Waals surface area contributed by atoms with Crippen LogP contribution in [0, 0.1) is 0 Å². The molecule has 0 aromatic carbocycles. The third-order valence-corrected chi connectivity index (χ3v) is 3.10. The average Bonchev–Trinajstić information content (AvgIpc) is 2.44. The monoisotopic (exact) mass is 295 g/mol. The van der Waals surface area contributed by atoms with Gasteiger partial charge in [-0.3, -0.25) is 0 Å². The van der Waals surface area contributed by atoms with Gasteiger partial charge in [0.15, 0.2) is 0 Å². The molecular formula is C14H25N5O2. The van der Waals surface area contributed by atoms with E-state index in [0.29, 0.717) is 31.1 Å². The fourth-order valence-electron chi connectivity index (χ4n) is 2.08. The van der Waals surface area contributed by atoms with Gasteiger partial charge < -0.3 is 19.7 Å². The highest BCUT2D eigenvalue weighted by Crippen LogP contribution is 2.19. The zero-order valence-corrected chi connectivity index (χ0v) is 13.3. The second-order valence-corrected chi connectivity index (χ2v) is 5.45. The lowest BCUT2D eigenvalue weighted by molar-refractivity contribution is 0.0978. The molecule has 0 bridgehead atoms. The van der Waals surface area contributed by atoms with Crippen molar-refractivity contribution in [1.82, 2.24) is 15.0 Å². The van der Waals surface area contributed by atoms with E-state index in [9.17, 15) is 0 Å². The summed E-state index contributed by atoms with van der Waals surface area (Å²) in [7, 11) is 0. The van der Waals surface area contributed by atoms with Crippen molar-refractivity contribution in [2.24, 2.45) is 0 Å². The van der Waals surface area contributed by atoms with Gasteiger partial charge in [0.05, 0.1) is 25.4 Å². The number of hydrogen-bond donors (Lipinski definition) is 1. The van der Waals surface area contributed by atoms with Crippen LogP contribution in [0.4, 0.5) is 11.9 Å². The van der Waals surface area contributed by atoms with Gasteiger partial charge in [-0.1, -0.05) is 6.92 Å². The van der Waals surface area contributed by atoms with Crippen LogP contribution in [-0.2, 0) is 4.74 Å². The van der Waals surface area contributed by atoms with Gasteiger partial charge in [-0.15, -0.1) is 0 Å². The minimum Gasteiger partial charge on any atom is -0.461 e. The lowest BCUT2D eigenvalue weighted by Gasteiger charge is -2.33. The molecule has 118 valence electrons. The summed E-state index contributed by atoms with van der Waals surface area (Å²) in [4.78, 5) is 15.4. The first kappa shape index (κ1) is 15.8. The Bertz CT molecular complexity index is 455. The van der Waals surface area contributed by atoms with E-state index in [1.165, 1.54) is 0 Å². The lowest BCUT2D eigenvalue weighted by Crippen LogP contribution is -2.44. The molecule has 0 amide bonds. The second kappa shape index (κ2) is 7.40. The van der Waals surface area contributed by atoms with Crippen molar-refractivity contribution >= 4 is 11.9 Å². The Morgan fingerprint density at radius 1 is 1.38 bits per heavy atom. The highest BCUT2D eigenvalue weighted by Gasteiger charge is 2.23. The van der Waals surface area contributed by atoms with Gasteiger partial charge in [0.1, 0.15) is 0 Å². The number of anilines is 2. The zero-order chi connectivity index (χ0) is 15.2. The van der Waals surface area contributed by atoms with Gasteiger partial charge >= 0.3 is 6.01 Å². The third kappa shape index (κ3) is 4.42. The van der Waals surface area contributed by atoms with E-state index in [-0.39, 0.29) is 12.1 Å². The van der Waals surface area contributed by atoms with Gasteiger partial charge in [0.2, 0.25) is 11.9 Å². The molecule has 1 aromatic heterocycles. The quantitative estimate of drug-likeness (QED) is 0.856. The van der Waals surface area contributed by atoms with E-state index in [4.69, 9.17) is 9.47 Å². The molecule has 1 aromatic rings. The largest absolute Gasteiger partial charge is 0.461 e. The van der Waals surface area contributed by atoms with E-state index in [1.54, 1.807) is 0 Å². The Kier molecular flexibility index (Phi) is 5.55. The molecule has 7 heteroatoms. The van der Waals surface area contributed by atoms with Gasteiger partial charge in [0.25, 0.3) is 0 Å². The van der Waals surface area contributed by atoms with Crippen LogP contribution in [-0.4, -0.2) is 53.4 Å². The van der Waals surface area contributed by atoms with Crippen molar-refractivity contribution in [2.75, 3.05) is 36.5 Å². The number of hydrogen-bond acceptors (Lipinski definition) is 7. The normalized spacial score (nSPS) is 18.9. The van der Waals surface area contributed by atoms with Crippen LogP contribution >= 0.6 is 0 Å². The standard InChI is InChI=1S/C14H25N5O2/c1-5-6-15-12-16-13(18-14(17-12)21-10(2)3)19-7-8-20-9-11(19)4/h10-11H,5-9H2,1-4H3,(H,15,16,17,18). The van der Waals surface area contributed by atoms with Gasteiger partial charge in [-0.2, -0.15) is 15.0 Å². The highest BCUT2D eigenvalue weighted by molar-refractivity contribution is 5.39. The molecule has 1 atom stereocenters. The summed E-state index contributed by atoms with van der Waals surface area (Å²) in [5.74, 6) is 1.21. The molecule has 1 unspecified atom stereocenters. The maximum absolute atomic E-state index is 5.64. The SMILES string of the molecule is CCCNc1nc(OC(C)C)nc(N2CCOCC2C)n1. The Morgan fingerprint density at radius 3 is 2.86 bits per heavy atom. The summed E-state index contributed by atoms with van der Waals surface area (Å²) < 4.78 is 11.1. The van der Waals surface area contributed by atoms with Gasteiger partial charge in [0, 0.05) is 13.1 Å². The summed E-state index contributed by atoms with van der Waals surface area (Å²) in [6.07, 6.45) is 1.04. The maximum Gasteiger partial charge on any atom is 0.323 e. The minimum absolute atomic E-state index is 0.0291. The van der Waals surface area contributed by atoms with Crippen molar-refractivity contribution in [2.45, 2.75) is 46.3 Å². The molecule has 0 aliphatic carbocycles. The Hall–Kier alpha value is -1.63. The predicted octanol–water partition coefficient (Wildman–Crippen LogP) is 1.71. The van der Waals surface area contributed by atoms with Crippen LogP contribution in [0.5, 0.6) is 6.01 Å². The smallest absolute Gasteiger partial charge is 0.323 e. The van der Waals surface area contributed by atoms with Crippen LogP contribution in [0.2, 0.25) is 0 Å². The number of nitrogens with zero attached hydrogens (tertiary/aromatic N) is 4. The highest BCUT2D eigenvalue weighted by atomic mass is 16.5. The molecule has 0 radical (unpaired) electrons. The van der Waals surface area contributed by atoms with Gasteiger partial charge in [-0.25, -0.2) is 0 Å². The zero-order valence-electron chi connectivity index (χ0n) is 13.3. The Labute approximate surface area is 126 Å². The topological polar surface area (TPSA) is 72.4 Å². The van der Waals surface area contributed by atoms with E-state index in [2.05, 4.69) is 39.0 Å². The first-order valence-corrected chi connectivity index (χ1v) is 7.61. The second-order valence-electron chi connectivity index (χ2n) is 5.45. The maximum atomic E-state index is 5.64. The summed E-state index contributed by atoms with van der Waals surface area (Å²) in [6, 6.07) is 0.611. The summed E-state index contributed by atoms with van der Waals surface area (Å²) in [6.45, 7) is 11.1. The fraction of sp³-hybridized carbons (Fsp3) is 0.786. The van der Waals surface area contributed by atoms with E-state index >= 15 is 0 Å². The van der Waals surface area contributed by atoms with Crippen LogP contribution in [0.1, 0.15) is 34.1 Å². The van der Waals surface area contributed by atoms with Crippen molar-refractivity contribution in [3.05, 3.63) is 0 Å². The fourth-order valence-corrected chi connectivity index (χ4v) is 2.08. The minimum atomic E-state index is 0.0291. The molecule has 0 spiro atoms. The van der Waals surface area contributed by atoms with Gasteiger partial charge in [-0.05, 0) is 27.2 Å². The van der Waals surface area contributed by atoms with Crippen LogP contribution in [0.3, 0.4) is 0 Å². The van der Waals surface area contributed by atoms with Crippen LogP contribution in [0.25, 0.3) is 0 Å². The average molecular weight is 295 g/mol. The molecule has 2 rings (SSSR count). The summed E-state index contributed by atoms with van der Waals surface area (Å²) >= 11 is 0. The predicted molar refractivity (Wildman–Crippen MR) is 82.0 cm³/mol. The van der Waals surface area contributed by atoms with Crippen molar-refractivity contribution in [3.8, 4) is 6.01 Å². The number of nitrogens with one attached hydrogen (secondary N) is 1. The lowest BCUT2D eigenvalue weighted by atomic mass is 10.3. The molecule has 1 N–H and O–H groups in total. The molecule has 2 heterocycles. The van der Waals surface area contributed by atoms with E-state index in [1.807, 2.05) is 13.8 Å². The number of morpholine rings is 1. The van der Waals surface area contributed by atoms with Crippen molar-refractivity contribution in [1.29, 1.82) is 0 Å². The number of rotatable bonds is 6. The van der Waals surface area contributed by atoms with Crippen LogP contribution < -0.4 is 15.0 Å². The molecule has 7 nitrogen and oxygen atoms in total. The van der Waals surface area contributed by atoms with E-state index in [0.717, 1.165) is 19.5 Å². The third-order valence-electron chi connectivity index (χ3n) is 3.10. The molecule has 1 fully saturated rings. The van der Waals surface area contributed by atoms with Crippen molar-refractivity contribution < 1.29 is 9.47 Å². The Balaban J connectivity index is 2.24. The van der Waals surface area contributed by atoms with Crippen LogP contribution in [0.15, 0.2) is 0 Å². The number of aromatic nitrogens is 3.